The number of rotatable bonds is 1. The Labute approximate surface area is 54.8 Å². The number of aromatic amines is 1. The van der Waals surface area contributed by atoms with Crippen molar-refractivity contribution < 1.29 is 8.78 Å². The summed E-state index contributed by atoms with van der Waals surface area (Å²) in [6, 6.07) is 1.12. The van der Waals surface area contributed by atoms with Crippen LogP contribution < -0.4 is 0 Å². The lowest BCUT2D eigenvalue weighted by Gasteiger charge is -2.01. The van der Waals surface area contributed by atoms with Gasteiger partial charge in [0, 0.05) is 6.20 Å². The smallest absolute Gasteiger partial charge is 0.275 e. The Morgan fingerprint density at radius 3 is 2.56 bits per heavy atom. The van der Waals surface area contributed by atoms with Gasteiger partial charge in [-0.25, -0.2) is 0 Å². The molecule has 1 aromatic heterocycles. The summed E-state index contributed by atoms with van der Waals surface area (Å²) in [4.78, 5) is 0. The molecule has 0 amide bonds. The van der Waals surface area contributed by atoms with E-state index in [2.05, 4.69) is 16.7 Å². The Bertz CT molecular complexity index is 179. The predicted molar refractivity (Wildman–Crippen MR) is 28.3 cm³/mol. The first-order valence-corrected chi connectivity index (χ1v) is 2.55. The third kappa shape index (κ3) is 1.38. The second kappa shape index (κ2) is 1.95. The van der Waals surface area contributed by atoms with Gasteiger partial charge < -0.3 is 0 Å². The largest absolute Gasteiger partial charge is 0.364 e. The molecular weight excluding hydrogens is 150 g/mol. The number of H-pyrrole nitrogens is 1. The average Bonchev–Trinajstić information content (AvgIpc) is 2.08. The fourth-order valence-corrected chi connectivity index (χ4v) is 0.519. The van der Waals surface area contributed by atoms with Crippen LogP contribution in [0.2, 0.25) is 0 Å². The van der Waals surface area contributed by atoms with E-state index in [1.165, 1.54) is 6.20 Å². The highest BCUT2D eigenvalue weighted by atomic mass is 35.5. The van der Waals surface area contributed by atoms with Gasteiger partial charge in [0.25, 0.3) is 0 Å². The van der Waals surface area contributed by atoms with Gasteiger partial charge in [0.15, 0.2) is 0 Å². The van der Waals surface area contributed by atoms with Crippen LogP contribution in [0.5, 0.6) is 0 Å². The summed E-state index contributed by atoms with van der Waals surface area (Å²) in [6.07, 6.45) is 1.21. The summed E-state index contributed by atoms with van der Waals surface area (Å²) in [7, 11) is 0. The van der Waals surface area contributed by atoms with Crippen LogP contribution in [0.15, 0.2) is 12.3 Å². The number of aromatic nitrogens is 2. The zero-order valence-corrected chi connectivity index (χ0v) is 4.99. The maximum atomic E-state index is 12.0. The van der Waals surface area contributed by atoms with Crippen molar-refractivity contribution in [2.45, 2.75) is 5.38 Å². The molecular formula is C4H3ClF2N2. The molecule has 0 aliphatic rings. The topological polar surface area (TPSA) is 28.7 Å². The minimum Gasteiger partial charge on any atom is -0.275 e. The molecule has 2 nitrogen and oxygen atoms in total. The molecule has 0 fully saturated rings. The molecule has 0 spiro atoms. The normalized spacial score (nSPS) is 11.9. The minimum atomic E-state index is -3.32. The van der Waals surface area contributed by atoms with Crippen molar-refractivity contribution in [3.63, 3.8) is 0 Å². The van der Waals surface area contributed by atoms with Gasteiger partial charge in [-0.1, -0.05) is 0 Å². The van der Waals surface area contributed by atoms with Crippen LogP contribution in [0.4, 0.5) is 8.78 Å². The molecule has 0 atom stereocenters. The first kappa shape index (κ1) is 6.48. The molecule has 1 rings (SSSR count). The Balaban J connectivity index is 2.90. The van der Waals surface area contributed by atoms with Crippen LogP contribution in [0.25, 0.3) is 0 Å². The summed E-state index contributed by atoms with van der Waals surface area (Å²) in [5.74, 6) is 0. The summed E-state index contributed by atoms with van der Waals surface area (Å²) in [5.41, 5.74) is -0.385. The van der Waals surface area contributed by atoms with Gasteiger partial charge in [-0.05, 0) is 17.7 Å². The van der Waals surface area contributed by atoms with Crippen LogP contribution in [0, 0.1) is 0 Å². The molecule has 1 aromatic rings. The Kier molecular flexibility index (Phi) is 1.40. The van der Waals surface area contributed by atoms with E-state index >= 15 is 0 Å². The fourth-order valence-electron chi connectivity index (χ4n) is 0.414. The Morgan fingerprint density at radius 2 is 2.33 bits per heavy atom. The predicted octanol–water partition coefficient (Wildman–Crippen LogP) is 1.70. The zero-order valence-electron chi connectivity index (χ0n) is 4.24. The van der Waals surface area contributed by atoms with E-state index in [4.69, 9.17) is 0 Å². The van der Waals surface area contributed by atoms with E-state index in [9.17, 15) is 8.78 Å². The van der Waals surface area contributed by atoms with Crippen molar-refractivity contribution in [3.8, 4) is 0 Å². The lowest BCUT2D eigenvalue weighted by Crippen LogP contribution is -2.02. The maximum absolute atomic E-state index is 12.0. The van der Waals surface area contributed by atoms with Crippen molar-refractivity contribution in [1.29, 1.82) is 0 Å². The minimum absolute atomic E-state index is 0.385. The van der Waals surface area contributed by atoms with Gasteiger partial charge in [0.05, 0.1) is 0 Å². The summed E-state index contributed by atoms with van der Waals surface area (Å²) in [5, 5.41) is 2.02. The van der Waals surface area contributed by atoms with E-state index in [1.54, 1.807) is 0 Å². The lowest BCUT2D eigenvalue weighted by molar-refractivity contribution is 0.0899. The van der Waals surface area contributed by atoms with E-state index < -0.39 is 5.38 Å². The van der Waals surface area contributed by atoms with Gasteiger partial charge in [-0.15, -0.1) is 0 Å². The highest BCUT2D eigenvalue weighted by Crippen LogP contribution is 2.29. The highest BCUT2D eigenvalue weighted by molar-refractivity contribution is 6.21. The van der Waals surface area contributed by atoms with E-state index in [0.29, 0.717) is 0 Å². The highest BCUT2D eigenvalue weighted by Gasteiger charge is 2.28. The van der Waals surface area contributed by atoms with Gasteiger partial charge in [0.2, 0.25) is 0 Å². The van der Waals surface area contributed by atoms with Gasteiger partial charge in [-0.3, -0.25) is 5.10 Å². The molecule has 0 aliphatic heterocycles. The van der Waals surface area contributed by atoms with Crippen LogP contribution in [0.3, 0.4) is 0 Å². The first-order chi connectivity index (χ1) is 4.11. The van der Waals surface area contributed by atoms with Crippen molar-refractivity contribution in [1.82, 2.24) is 10.2 Å². The molecule has 9 heavy (non-hydrogen) atoms. The van der Waals surface area contributed by atoms with Crippen LogP contribution >= 0.6 is 11.6 Å². The molecule has 0 bridgehead atoms. The number of hydrogen-bond donors (Lipinski definition) is 1. The molecule has 0 saturated carbocycles. The monoisotopic (exact) mass is 152 g/mol. The van der Waals surface area contributed by atoms with Crippen molar-refractivity contribution in [2.24, 2.45) is 0 Å². The van der Waals surface area contributed by atoms with Crippen LogP contribution in [-0.2, 0) is 5.38 Å². The second-order valence-electron chi connectivity index (χ2n) is 1.47. The Morgan fingerprint density at radius 1 is 1.67 bits per heavy atom. The first-order valence-electron chi connectivity index (χ1n) is 2.17. The molecule has 0 saturated heterocycles. The third-order valence-electron chi connectivity index (χ3n) is 0.806. The molecule has 0 aromatic carbocycles. The molecule has 1 heterocycles. The number of halogens is 3. The fraction of sp³-hybridized carbons (Fsp3) is 0.250. The zero-order chi connectivity index (χ0) is 6.91. The number of nitrogens with one attached hydrogen (secondary N) is 1. The van der Waals surface area contributed by atoms with Crippen molar-refractivity contribution >= 4 is 11.6 Å². The second-order valence-corrected chi connectivity index (χ2v) is 1.94. The standard InChI is InChI=1S/C4H3ClF2N2/c5-4(6,7)3-1-2-8-9-3/h1-2H,(H,8,9). The van der Waals surface area contributed by atoms with Gasteiger partial charge >= 0.3 is 5.38 Å². The van der Waals surface area contributed by atoms with Crippen molar-refractivity contribution in [3.05, 3.63) is 18.0 Å². The summed E-state index contributed by atoms with van der Waals surface area (Å²) in [6.45, 7) is 0. The van der Waals surface area contributed by atoms with Crippen LogP contribution in [-0.4, -0.2) is 10.2 Å². The average molecular weight is 153 g/mol. The SMILES string of the molecule is FC(F)(Cl)c1ccn[nH]1. The van der Waals surface area contributed by atoms with Gasteiger partial charge in [0.1, 0.15) is 5.69 Å². The number of nitrogens with zero attached hydrogens (tertiary/aromatic N) is 1. The number of alkyl halides is 3. The van der Waals surface area contributed by atoms with Crippen LogP contribution in [0.1, 0.15) is 5.69 Å². The molecule has 1 N–H and O–H groups in total. The molecule has 0 unspecified atom stereocenters. The van der Waals surface area contributed by atoms with E-state index in [0.717, 1.165) is 6.07 Å². The summed E-state index contributed by atoms with van der Waals surface area (Å²) < 4.78 is 24.0. The third-order valence-corrected chi connectivity index (χ3v) is 1.01. The van der Waals surface area contributed by atoms with Crippen molar-refractivity contribution in [2.75, 3.05) is 0 Å². The molecule has 50 valence electrons. The lowest BCUT2D eigenvalue weighted by atomic mass is 10.5. The number of hydrogen-bond acceptors (Lipinski definition) is 1. The van der Waals surface area contributed by atoms with E-state index in [-0.39, 0.29) is 5.69 Å². The maximum Gasteiger partial charge on any atom is 0.364 e. The molecule has 0 radical (unpaired) electrons. The molecule has 0 aliphatic carbocycles. The summed E-state index contributed by atoms with van der Waals surface area (Å²) >= 11 is 4.60. The Hall–Kier alpha value is -0.640. The van der Waals surface area contributed by atoms with Gasteiger partial charge in [-0.2, -0.15) is 13.9 Å². The quantitative estimate of drug-likeness (QED) is 0.610. The van der Waals surface area contributed by atoms with E-state index in [1.807, 2.05) is 5.10 Å². The molecule has 5 heteroatoms.